The third-order valence-corrected chi connectivity index (χ3v) is 4.48. The van der Waals surface area contributed by atoms with E-state index < -0.39 is 12.4 Å². The highest BCUT2D eigenvalue weighted by Gasteiger charge is 2.31. The van der Waals surface area contributed by atoms with Crippen LogP contribution in [0.4, 0.5) is 18.9 Å². The van der Waals surface area contributed by atoms with Gasteiger partial charge in [0, 0.05) is 24.2 Å². The zero-order valence-corrected chi connectivity index (χ0v) is 15.1. The predicted octanol–water partition coefficient (Wildman–Crippen LogP) is 4.20. The molecule has 1 aliphatic rings. The molecule has 0 spiro atoms. The summed E-state index contributed by atoms with van der Waals surface area (Å²) in [6.45, 7) is 2.41. The predicted molar refractivity (Wildman–Crippen MR) is 97.0 cm³/mol. The Morgan fingerprint density at radius 1 is 1.11 bits per heavy atom. The summed E-state index contributed by atoms with van der Waals surface area (Å²) in [4.78, 5) is 25.9. The first-order valence-corrected chi connectivity index (χ1v) is 8.80. The fraction of sp³-hybridized carbons (Fsp3) is 0.300. The summed E-state index contributed by atoms with van der Waals surface area (Å²) in [5.41, 5.74) is 1.83. The zero-order valence-electron chi connectivity index (χ0n) is 15.1. The van der Waals surface area contributed by atoms with E-state index >= 15 is 0 Å². The van der Waals surface area contributed by atoms with Crippen molar-refractivity contribution in [1.82, 2.24) is 5.32 Å². The van der Waals surface area contributed by atoms with Crippen LogP contribution in [0.5, 0.6) is 5.75 Å². The van der Waals surface area contributed by atoms with E-state index in [2.05, 4.69) is 10.1 Å². The lowest BCUT2D eigenvalue weighted by Gasteiger charge is -2.17. The first-order chi connectivity index (χ1) is 13.2. The highest BCUT2D eigenvalue weighted by Crippen LogP contribution is 2.25. The van der Waals surface area contributed by atoms with Crippen LogP contribution in [0, 0.1) is 0 Å². The molecule has 0 bridgehead atoms. The van der Waals surface area contributed by atoms with Gasteiger partial charge in [-0.1, -0.05) is 12.1 Å². The Balaban J connectivity index is 1.61. The summed E-state index contributed by atoms with van der Waals surface area (Å²) in [5, 5.41) is 2.80. The van der Waals surface area contributed by atoms with E-state index in [9.17, 15) is 22.8 Å². The minimum Gasteiger partial charge on any atom is -0.406 e. The average molecular weight is 392 g/mol. The summed E-state index contributed by atoms with van der Waals surface area (Å²) in [6.07, 6.45) is -3.38. The summed E-state index contributed by atoms with van der Waals surface area (Å²) in [7, 11) is 0. The average Bonchev–Trinajstić information content (AvgIpc) is 3.07. The number of alkyl halides is 3. The van der Waals surface area contributed by atoms with Crippen molar-refractivity contribution in [2.75, 3.05) is 11.4 Å². The van der Waals surface area contributed by atoms with Gasteiger partial charge in [0.2, 0.25) is 5.91 Å². The summed E-state index contributed by atoms with van der Waals surface area (Å²) in [6, 6.07) is 11.7. The zero-order chi connectivity index (χ0) is 20.3. The molecule has 5 nitrogen and oxygen atoms in total. The number of nitrogens with one attached hydrogen (secondary N) is 1. The molecule has 148 valence electrons. The van der Waals surface area contributed by atoms with Gasteiger partial charge in [-0.05, 0) is 55.3 Å². The van der Waals surface area contributed by atoms with Crippen molar-refractivity contribution >= 4 is 17.5 Å². The van der Waals surface area contributed by atoms with Crippen LogP contribution >= 0.6 is 0 Å². The van der Waals surface area contributed by atoms with Gasteiger partial charge < -0.3 is 15.0 Å². The molecule has 0 aromatic heterocycles. The molecule has 1 atom stereocenters. The molecule has 2 aromatic carbocycles. The molecule has 1 unspecified atom stereocenters. The summed E-state index contributed by atoms with van der Waals surface area (Å²) >= 11 is 0. The maximum atomic E-state index is 12.4. The summed E-state index contributed by atoms with van der Waals surface area (Å²) < 4.78 is 40.5. The number of hydrogen-bond acceptors (Lipinski definition) is 3. The summed E-state index contributed by atoms with van der Waals surface area (Å²) in [5.74, 6) is -0.562. The number of amides is 2. The lowest BCUT2D eigenvalue weighted by Crippen LogP contribution is -2.27. The highest BCUT2D eigenvalue weighted by molar-refractivity contribution is 5.97. The van der Waals surface area contributed by atoms with Crippen molar-refractivity contribution < 1.29 is 27.5 Å². The normalized spacial score (nSPS) is 15.4. The minimum absolute atomic E-state index is 0.0729. The number of nitrogens with zero attached hydrogens (tertiary/aromatic N) is 1. The van der Waals surface area contributed by atoms with Gasteiger partial charge in [0.15, 0.2) is 0 Å². The highest BCUT2D eigenvalue weighted by atomic mass is 19.4. The molecule has 8 heteroatoms. The Labute approximate surface area is 160 Å². The first kappa shape index (κ1) is 19.7. The second-order valence-corrected chi connectivity index (χ2v) is 6.51. The van der Waals surface area contributed by atoms with E-state index in [0.29, 0.717) is 24.1 Å². The van der Waals surface area contributed by atoms with Crippen LogP contribution in [-0.4, -0.2) is 24.7 Å². The van der Waals surface area contributed by atoms with Crippen LogP contribution in [0.3, 0.4) is 0 Å². The molecule has 2 amide bonds. The number of benzene rings is 2. The lowest BCUT2D eigenvalue weighted by molar-refractivity contribution is -0.274. The molecule has 1 N–H and O–H groups in total. The molecule has 1 fully saturated rings. The Morgan fingerprint density at radius 3 is 2.29 bits per heavy atom. The third-order valence-electron chi connectivity index (χ3n) is 4.48. The lowest BCUT2D eigenvalue weighted by atomic mass is 10.1. The Kier molecular flexibility index (Phi) is 5.58. The van der Waals surface area contributed by atoms with Crippen molar-refractivity contribution in [2.24, 2.45) is 0 Å². The number of carbonyl (C=O) groups is 2. The molecule has 2 aromatic rings. The second-order valence-electron chi connectivity index (χ2n) is 6.51. The molecular weight excluding hydrogens is 373 g/mol. The fourth-order valence-electron chi connectivity index (χ4n) is 3.04. The van der Waals surface area contributed by atoms with Crippen molar-refractivity contribution in [3.05, 3.63) is 59.7 Å². The smallest absolute Gasteiger partial charge is 0.406 e. The van der Waals surface area contributed by atoms with Gasteiger partial charge in [-0.3, -0.25) is 9.59 Å². The first-order valence-electron chi connectivity index (χ1n) is 8.80. The van der Waals surface area contributed by atoms with E-state index in [1.165, 1.54) is 24.3 Å². The SMILES string of the molecule is CC(NC(=O)c1ccc(N2CCCC2=O)cc1)c1ccc(OC(F)(F)F)cc1. The molecule has 0 aliphatic carbocycles. The number of halogens is 3. The van der Waals surface area contributed by atoms with E-state index in [1.54, 1.807) is 36.1 Å². The fourth-order valence-corrected chi connectivity index (χ4v) is 3.04. The van der Waals surface area contributed by atoms with E-state index in [-0.39, 0.29) is 17.6 Å². The van der Waals surface area contributed by atoms with Gasteiger partial charge >= 0.3 is 6.36 Å². The molecule has 3 rings (SSSR count). The van der Waals surface area contributed by atoms with Crippen molar-refractivity contribution in [1.29, 1.82) is 0 Å². The third kappa shape index (κ3) is 4.82. The second kappa shape index (κ2) is 7.92. The van der Waals surface area contributed by atoms with Crippen molar-refractivity contribution in [2.45, 2.75) is 32.2 Å². The quantitative estimate of drug-likeness (QED) is 0.830. The topological polar surface area (TPSA) is 58.6 Å². The molecule has 1 saturated heterocycles. The Bertz CT molecular complexity index is 848. The number of anilines is 1. The van der Waals surface area contributed by atoms with Crippen molar-refractivity contribution in [3.63, 3.8) is 0 Å². The molecule has 1 heterocycles. The van der Waals surface area contributed by atoms with Gasteiger partial charge in [0.1, 0.15) is 5.75 Å². The van der Waals surface area contributed by atoms with E-state index in [4.69, 9.17) is 0 Å². The van der Waals surface area contributed by atoms with Crippen LogP contribution in [-0.2, 0) is 4.79 Å². The number of rotatable bonds is 5. The maximum Gasteiger partial charge on any atom is 0.573 e. The maximum absolute atomic E-state index is 12.4. The standard InChI is InChI=1S/C20H19F3N2O3/c1-13(14-6-10-17(11-7-14)28-20(21,22)23)24-19(27)15-4-8-16(9-5-15)25-12-2-3-18(25)26/h4-11,13H,2-3,12H2,1H3,(H,24,27). The van der Waals surface area contributed by atoms with Gasteiger partial charge in [-0.15, -0.1) is 13.2 Å². The number of carbonyl (C=O) groups excluding carboxylic acids is 2. The minimum atomic E-state index is -4.74. The number of hydrogen-bond donors (Lipinski definition) is 1. The molecule has 0 radical (unpaired) electrons. The monoisotopic (exact) mass is 392 g/mol. The van der Waals surface area contributed by atoms with E-state index in [1.807, 2.05) is 0 Å². The molecule has 0 saturated carbocycles. The molecule has 1 aliphatic heterocycles. The van der Waals surface area contributed by atoms with Crippen LogP contribution in [0.1, 0.15) is 41.7 Å². The number of ether oxygens (including phenoxy) is 1. The Morgan fingerprint density at radius 2 is 1.75 bits per heavy atom. The van der Waals surface area contributed by atoms with Gasteiger partial charge in [-0.2, -0.15) is 0 Å². The van der Waals surface area contributed by atoms with Crippen molar-refractivity contribution in [3.8, 4) is 5.75 Å². The van der Waals surface area contributed by atoms with Gasteiger partial charge in [-0.25, -0.2) is 0 Å². The largest absolute Gasteiger partial charge is 0.573 e. The van der Waals surface area contributed by atoms with Gasteiger partial charge in [0.05, 0.1) is 6.04 Å². The van der Waals surface area contributed by atoms with E-state index in [0.717, 1.165) is 12.1 Å². The molecular formula is C20H19F3N2O3. The van der Waals surface area contributed by atoms with Crippen LogP contribution in [0.2, 0.25) is 0 Å². The van der Waals surface area contributed by atoms with Crippen LogP contribution in [0.25, 0.3) is 0 Å². The molecule has 28 heavy (non-hydrogen) atoms. The van der Waals surface area contributed by atoms with Gasteiger partial charge in [0.25, 0.3) is 5.91 Å². The van der Waals surface area contributed by atoms with Crippen LogP contribution in [0.15, 0.2) is 48.5 Å². The Hall–Kier alpha value is -3.03. The van der Waals surface area contributed by atoms with Crippen LogP contribution < -0.4 is 15.0 Å².